The van der Waals surface area contributed by atoms with E-state index in [1.807, 2.05) is 0 Å². The van der Waals surface area contributed by atoms with Crippen LogP contribution in [-0.4, -0.2) is 31.2 Å². The molecule has 2 rings (SSSR count). The number of hydrogen-bond donors (Lipinski definition) is 2. The molecule has 0 atom stereocenters. The Kier molecular flexibility index (Phi) is 5.19. The minimum atomic E-state index is -1.08. The summed E-state index contributed by atoms with van der Waals surface area (Å²) in [5.41, 5.74) is 1.19. The van der Waals surface area contributed by atoms with Crippen LogP contribution in [-0.2, 0) is 6.54 Å². The standard InChI is InChI=1S/C17H17NO5/c1-22-13-5-3-4-12(9-13)16(19)18-10-11-6-7-15(23-2)14(8-11)17(20)21/h3-9H,10H2,1-2H3,(H,18,19)(H,20,21). The first-order valence-corrected chi connectivity index (χ1v) is 6.87. The zero-order chi connectivity index (χ0) is 16.8. The van der Waals surface area contributed by atoms with Gasteiger partial charge in [0.2, 0.25) is 0 Å². The average Bonchev–Trinajstić information content (AvgIpc) is 2.59. The lowest BCUT2D eigenvalue weighted by Crippen LogP contribution is -2.23. The molecule has 2 aromatic rings. The highest BCUT2D eigenvalue weighted by Gasteiger charge is 2.12. The second-order valence-electron chi connectivity index (χ2n) is 4.75. The molecule has 0 bridgehead atoms. The first kappa shape index (κ1) is 16.4. The molecule has 2 aromatic carbocycles. The predicted molar refractivity (Wildman–Crippen MR) is 84.1 cm³/mol. The fourth-order valence-corrected chi connectivity index (χ4v) is 2.08. The Hall–Kier alpha value is -3.02. The van der Waals surface area contributed by atoms with Crippen molar-refractivity contribution in [2.75, 3.05) is 14.2 Å². The number of ether oxygens (including phenoxy) is 2. The molecule has 23 heavy (non-hydrogen) atoms. The number of hydrogen-bond acceptors (Lipinski definition) is 4. The van der Waals surface area contributed by atoms with E-state index in [1.165, 1.54) is 20.3 Å². The fourth-order valence-electron chi connectivity index (χ4n) is 2.08. The number of amides is 1. The molecule has 6 nitrogen and oxygen atoms in total. The third-order valence-electron chi connectivity index (χ3n) is 3.28. The Balaban J connectivity index is 2.09. The van der Waals surface area contributed by atoms with Crippen LogP contribution in [0.3, 0.4) is 0 Å². The van der Waals surface area contributed by atoms with Gasteiger partial charge in [0.25, 0.3) is 5.91 Å². The molecule has 0 aliphatic heterocycles. The number of nitrogens with one attached hydrogen (secondary N) is 1. The number of rotatable bonds is 6. The average molecular weight is 315 g/mol. The topological polar surface area (TPSA) is 84.9 Å². The molecule has 6 heteroatoms. The van der Waals surface area contributed by atoms with Gasteiger partial charge in [-0.15, -0.1) is 0 Å². The molecule has 0 radical (unpaired) electrons. The molecule has 0 spiro atoms. The van der Waals surface area contributed by atoms with E-state index in [0.29, 0.717) is 16.9 Å². The van der Waals surface area contributed by atoms with Gasteiger partial charge in [0, 0.05) is 12.1 Å². The van der Waals surface area contributed by atoms with Gasteiger partial charge >= 0.3 is 5.97 Å². The Labute approximate surface area is 133 Å². The molecular formula is C17H17NO5. The van der Waals surface area contributed by atoms with E-state index in [9.17, 15) is 9.59 Å². The zero-order valence-electron chi connectivity index (χ0n) is 12.8. The van der Waals surface area contributed by atoms with E-state index in [2.05, 4.69) is 5.32 Å². The van der Waals surface area contributed by atoms with Crippen molar-refractivity contribution in [3.8, 4) is 11.5 Å². The zero-order valence-corrected chi connectivity index (χ0v) is 12.8. The monoisotopic (exact) mass is 315 g/mol. The molecule has 0 heterocycles. The smallest absolute Gasteiger partial charge is 0.339 e. The van der Waals surface area contributed by atoms with Gasteiger partial charge in [0.15, 0.2) is 0 Å². The van der Waals surface area contributed by atoms with Gasteiger partial charge in [0.05, 0.1) is 14.2 Å². The lowest BCUT2D eigenvalue weighted by Gasteiger charge is -2.09. The van der Waals surface area contributed by atoms with Crippen molar-refractivity contribution in [3.05, 3.63) is 59.2 Å². The minimum absolute atomic E-state index is 0.0561. The van der Waals surface area contributed by atoms with E-state index in [1.54, 1.807) is 36.4 Å². The van der Waals surface area contributed by atoms with Crippen molar-refractivity contribution in [3.63, 3.8) is 0 Å². The van der Waals surface area contributed by atoms with Crippen LogP contribution in [0, 0.1) is 0 Å². The molecule has 0 fully saturated rings. The van der Waals surface area contributed by atoms with Gasteiger partial charge in [0.1, 0.15) is 17.1 Å². The summed E-state index contributed by atoms with van der Waals surface area (Å²) < 4.78 is 10.1. The number of carboxylic acids is 1. The molecular weight excluding hydrogens is 298 g/mol. The maximum Gasteiger partial charge on any atom is 0.339 e. The first-order chi connectivity index (χ1) is 11.0. The highest BCUT2D eigenvalue weighted by atomic mass is 16.5. The van der Waals surface area contributed by atoms with E-state index in [4.69, 9.17) is 14.6 Å². The van der Waals surface area contributed by atoms with Gasteiger partial charge in [-0.1, -0.05) is 12.1 Å². The van der Waals surface area contributed by atoms with Crippen LogP contribution in [0.1, 0.15) is 26.3 Å². The lowest BCUT2D eigenvalue weighted by atomic mass is 10.1. The Morgan fingerprint density at radius 3 is 2.52 bits per heavy atom. The van der Waals surface area contributed by atoms with Crippen molar-refractivity contribution in [2.45, 2.75) is 6.54 Å². The summed E-state index contributed by atoms with van der Waals surface area (Å²) in [5, 5.41) is 11.9. The molecule has 0 saturated carbocycles. The van der Waals surface area contributed by atoms with Gasteiger partial charge in [-0.2, -0.15) is 0 Å². The SMILES string of the molecule is COc1cccc(C(=O)NCc2ccc(OC)c(C(=O)O)c2)c1. The largest absolute Gasteiger partial charge is 0.497 e. The van der Waals surface area contributed by atoms with Gasteiger partial charge in [-0.3, -0.25) is 4.79 Å². The third kappa shape index (κ3) is 4.00. The number of carbonyl (C=O) groups excluding carboxylic acids is 1. The second kappa shape index (κ2) is 7.31. The maximum absolute atomic E-state index is 12.1. The summed E-state index contributed by atoms with van der Waals surface area (Å²) in [7, 11) is 2.94. The number of aromatic carboxylic acids is 1. The number of carboxylic acid groups (broad SMARTS) is 1. The minimum Gasteiger partial charge on any atom is -0.497 e. The number of methoxy groups -OCH3 is 2. The van der Waals surface area contributed by atoms with Crippen LogP contribution in [0.5, 0.6) is 11.5 Å². The van der Waals surface area contributed by atoms with E-state index in [0.717, 1.165) is 0 Å². The van der Waals surface area contributed by atoms with Crippen molar-refractivity contribution < 1.29 is 24.2 Å². The quantitative estimate of drug-likeness (QED) is 0.854. The second-order valence-corrected chi connectivity index (χ2v) is 4.75. The van der Waals surface area contributed by atoms with Crippen molar-refractivity contribution in [2.24, 2.45) is 0 Å². The van der Waals surface area contributed by atoms with E-state index < -0.39 is 5.97 Å². The molecule has 2 N–H and O–H groups in total. The van der Waals surface area contributed by atoms with Gasteiger partial charge in [-0.25, -0.2) is 4.79 Å². The number of carbonyl (C=O) groups is 2. The summed E-state index contributed by atoms with van der Waals surface area (Å²) in [5.74, 6) is -0.477. The van der Waals surface area contributed by atoms with Crippen LogP contribution >= 0.6 is 0 Å². The molecule has 0 saturated heterocycles. The van der Waals surface area contributed by atoms with Crippen molar-refractivity contribution in [1.29, 1.82) is 0 Å². The summed E-state index contributed by atoms with van der Waals surface area (Å²) in [6, 6.07) is 11.5. The number of benzene rings is 2. The van der Waals surface area contributed by atoms with Crippen LogP contribution in [0.2, 0.25) is 0 Å². The highest BCUT2D eigenvalue weighted by Crippen LogP contribution is 2.20. The molecule has 120 valence electrons. The highest BCUT2D eigenvalue weighted by molar-refractivity contribution is 5.94. The third-order valence-corrected chi connectivity index (χ3v) is 3.28. The molecule has 0 unspecified atom stereocenters. The van der Waals surface area contributed by atoms with E-state index >= 15 is 0 Å². The molecule has 0 aliphatic rings. The Morgan fingerprint density at radius 1 is 1.09 bits per heavy atom. The van der Waals surface area contributed by atoms with Crippen LogP contribution in [0.15, 0.2) is 42.5 Å². The fraction of sp³-hybridized carbons (Fsp3) is 0.176. The Morgan fingerprint density at radius 2 is 1.87 bits per heavy atom. The molecule has 0 aromatic heterocycles. The lowest BCUT2D eigenvalue weighted by molar-refractivity contribution is 0.0693. The molecule has 0 aliphatic carbocycles. The molecule has 1 amide bonds. The summed E-state index contributed by atoms with van der Waals surface area (Å²) in [4.78, 5) is 23.3. The van der Waals surface area contributed by atoms with Gasteiger partial charge < -0.3 is 19.9 Å². The summed E-state index contributed by atoms with van der Waals surface area (Å²) in [6.45, 7) is 0.209. The van der Waals surface area contributed by atoms with Crippen LogP contribution in [0.4, 0.5) is 0 Å². The van der Waals surface area contributed by atoms with Crippen molar-refractivity contribution >= 4 is 11.9 Å². The Bertz CT molecular complexity index is 727. The van der Waals surface area contributed by atoms with E-state index in [-0.39, 0.29) is 23.8 Å². The van der Waals surface area contributed by atoms with Crippen LogP contribution in [0.25, 0.3) is 0 Å². The van der Waals surface area contributed by atoms with Crippen molar-refractivity contribution in [1.82, 2.24) is 5.32 Å². The van der Waals surface area contributed by atoms with Gasteiger partial charge in [-0.05, 0) is 35.9 Å². The summed E-state index contributed by atoms with van der Waals surface area (Å²) >= 11 is 0. The van der Waals surface area contributed by atoms with Crippen LogP contribution < -0.4 is 14.8 Å². The predicted octanol–water partition coefficient (Wildman–Crippen LogP) is 2.33. The summed E-state index contributed by atoms with van der Waals surface area (Å²) in [6.07, 6.45) is 0. The normalized spacial score (nSPS) is 10.0. The maximum atomic E-state index is 12.1. The first-order valence-electron chi connectivity index (χ1n) is 6.87.